The van der Waals surface area contributed by atoms with Crippen LogP contribution < -0.4 is 5.32 Å². The number of hydrogen-bond acceptors (Lipinski definition) is 3. The van der Waals surface area contributed by atoms with Crippen molar-refractivity contribution >= 4 is 11.6 Å². The van der Waals surface area contributed by atoms with Crippen molar-refractivity contribution in [2.24, 2.45) is 5.92 Å². The zero-order chi connectivity index (χ0) is 14.4. The Morgan fingerprint density at radius 1 is 1.35 bits per heavy atom. The van der Waals surface area contributed by atoms with Gasteiger partial charge in [-0.3, -0.25) is 4.79 Å². The van der Waals surface area contributed by atoms with Crippen molar-refractivity contribution in [3.8, 4) is 0 Å². The molecule has 110 valence electrons. The fourth-order valence-electron chi connectivity index (χ4n) is 2.68. The number of nitrogens with one attached hydrogen (secondary N) is 1. The van der Waals surface area contributed by atoms with Gasteiger partial charge in [-0.1, -0.05) is 18.2 Å². The summed E-state index contributed by atoms with van der Waals surface area (Å²) >= 11 is 0. The largest absolute Gasteiger partial charge is 0.396 e. The number of nitrogens with zero attached hydrogens (tertiary/aromatic N) is 1. The van der Waals surface area contributed by atoms with Crippen molar-refractivity contribution in [3.63, 3.8) is 0 Å². The molecule has 0 radical (unpaired) electrons. The van der Waals surface area contributed by atoms with Crippen molar-refractivity contribution in [1.82, 2.24) is 4.90 Å². The summed E-state index contributed by atoms with van der Waals surface area (Å²) in [5.74, 6) is 0.253. The van der Waals surface area contributed by atoms with E-state index in [9.17, 15) is 4.79 Å². The average molecular weight is 276 g/mol. The van der Waals surface area contributed by atoms with Gasteiger partial charge in [0.2, 0.25) is 5.91 Å². The summed E-state index contributed by atoms with van der Waals surface area (Å²) in [6.07, 6.45) is 3.57. The van der Waals surface area contributed by atoms with Crippen LogP contribution in [0.5, 0.6) is 0 Å². The Kier molecular flexibility index (Phi) is 5.41. The topological polar surface area (TPSA) is 52.6 Å². The van der Waals surface area contributed by atoms with Gasteiger partial charge in [-0.05, 0) is 37.3 Å². The molecule has 0 aromatic heterocycles. The van der Waals surface area contributed by atoms with Crippen molar-refractivity contribution in [2.75, 3.05) is 32.1 Å². The Morgan fingerprint density at radius 3 is 2.95 bits per heavy atom. The van der Waals surface area contributed by atoms with Crippen LogP contribution in [-0.4, -0.2) is 42.7 Å². The van der Waals surface area contributed by atoms with Gasteiger partial charge in [0.05, 0.1) is 5.92 Å². The minimum absolute atomic E-state index is 0.0349. The number of hydrogen-bond donors (Lipinski definition) is 2. The van der Waals surface area contributed by atoms with Gasteiger partial charge in [0.1, 0.15) is 0 Å². The summed E-state index contributed by atoms with van der Waals surface area (Å²) in [6.45, 7) is 1.73. The van der Waals surface area contributed by atoms with E-state index in [1.54, 1.807) is 0 Å². The molecule has 0 saturated heterocycles. The smallest absolute Gasteiger partial charge is 0.227 e. The number of aliphatic hydroxyl groups is 1. The molecule has 20 heavy (non-hydrogen) atoms. The minimum Gasteiger partial charge on any atom is -0.396 e. The quantitative estimate of drug-likeness (QED) is 0.780. The lowest BCUT2D eigenvalue weighted by molar-refractivity contribution is -0.133. The molecule has 1 aromatic rings. The van der Waals surface area contributed by atoms with Crippen LogP contribution in [0.4, 0.5) is 5.69 Å². The molecule has 2 N–H and O–H groups in total. The van der Waals surface area contributed by atoms with E-state index < -0.39 is 0 Å². The second-order valence-electron chi connectivity index (χ2n) is 5.48. The Morgan fingerprint density at radius 2 is 2.15 bits per heavy atom. The summed E-state index contributed by atoms with van der Waals surface area (Å²) < 4.78 is 0. The number of fused-ring (bicyclic) bond motifs is 1. The summed E-state index contributed by atoms with van der Waals surface area (Å²) in [7, 11) is 1.88. The first-order valence-corrected chi connectivity index (χ1v) is 7.40. The van der Waals surface area contributed by atoms with E-state index in [2.05, 4.69) is 17.4 Å². The lowest BCUT2D eigenvalue weighted by Gasteiger charge is -2.29. The number of aliphatic hydroxyl groups excluding tert-OH is 1. The second-order valence-corrected chi connectivity index (χ2v) is 5.48. The van der Waals surface area contributed by atoms with Gasteiger partial charge in [-0.25, -0.2) is 0 Å². The van der Waals surface area contributed by atoms with Crippen LogP contribution >= 0.6 is 0 Å². The molecule has 0 saturated carbocycles. The number of para-hydroxylation sites is 1. The Bertz CT molecular complexity index is 448. The van der Waals surface area contributed by atoms with Gasteiger partial charge in [0.25, 0.3) is 0 Å². The number of anilines is 1. The number of carbonyl (C=O) groups is 1. The molecule has 1 heterocycles. The Hall–Kier alpha value is -1.55. The van der Waals surface area contributed by atoms with Crippen LogP contribution in [0.2, 0.25) is 0 Å². The third kappa shape index (κ3) is 3.73. The monoisotopic (exact) mass is 276 g/mol. The maximum Gasteiger partial charge on any atom is 0.227 e. The zero-order valence-corrected chi connectivity index (χ0v) is 12.1. The molecular weight excluding hydrogens is 252 g/mol. The molecule has 1 aliphatic heterocycles. The molecule has 1 unspecified atom stereocenters. The molecule has 1 amide bonds. The predicted octanol–water partition coefficient (Wildman–Crippen LogP) is 1.89. The molecule has 1 aliphatic rings. The molecular formula is C16H24N2O2. The number of unbranched alkanes of at least 4 members (excludes halogenated alkanes) is 2. The summed E-state index contributed by atoms with van der Waals surface area (Å²) in [4.78, 5) is 14.2. The van der Waals surface area contributed by atoms with Crippen molar-refractivity contribution < 1.29 is 9.90 Å². The van der Waals surface area contributed by atoms with Gasteiger partial charge in [-0.2, -0.15) is 0 Å². The van der Waals surface area contributed by atoms with Gasteiger partial charge in [-0.15, -0.1) is 0 Å². The van der Waals surface area contributed by atoms with E-state index >= 15 is 0 Å². The number of rotatable bonds is 6. The maximum atomic E-state index is 12.4. The first-order chi connectivity index (χ1) is 9.72. The first-order valence-electron chi connectivity index (χ1n) is 7.40. The Labute approximate surface area is 120 Å². The lowest BCUT2D eigenvalue weighted by Crippen LogP contribution is -2.39. The van der Waals surface area contributed by atoms with E-state index in [4.69, 9.17) is 5.11 Å². The summed E-state index contributed by atoms with van der Waals surface area (Å²) in [6, 6.07) is 8.19. The SMILES string of the molecule is CN(CCCCCO)C(=O)C1CNc2ccccc2C1. The van der Waals surface area contributed by atoms with Gasteiger partial charge in [0, 0.05) is 32.4 Å². The van der Waals surface area contributed by atoms with Crippen LogP contribution in [-0.2, 0) is 11.2 Å². The number of benzene rings is 1. The van der Waals surface area contributed by atoms with Crippen LogP contribution in [0.25, 0.3) is 0 Å². The number of carbonyl (C=O) groups excluding carboxylic acids is 1. The molecule has 1 atom stereocenters. The fraction of sp³-hybridized carbons (Fsp3) is 0.562. The third-order valence-electron chi connectivity index (χ3n) is 3.90. The first kappa shape index (κ1) is 14.9. The molecule has 2 rings (SSSR count). The van der Waals surface area contributed by atoms with E-state index in [-0.39, 0.29) is 18.4 Å². The standard InChI is InChI=1S/C16H24N2O2/c1-18(9-5-2-6-10-19)16(20)14-11-13-7-3-4-8-15(13)17-12-14/h3-4,7-8,14,17,19H,2,5-6,9-12H2,1H3. The fourth-order valence-corrected chi connectivity index (χ4v) is 2.68. The maximum absolute atomic E-state index is 12.4. The van der Waals surface area contributed by atoms with Crippen molar-refractivity contribution in [3.05, 3.63) is 29.8 Å². The van der Waals surface area contributed by atoms with E-state index in [1.807, 2.05) is 24.1 Å². The average Bonchev–Trinajstić information content (AvgIpc) is 2.50. The number of amides is 1. The van der Waals surface area contributed by atoms with Crippen molar-refractivity contribution in [2.45, 2.75) is 25.7 Å². The van der Waals surface area contributed by atoms with Crippen LogP contribution in [0.15, 0.2) is 24.3 Å². The predicted molar refractivity (Wildman–Crippen MR) is 80.7 cm³/mol. The molecule has 1 aromatic carbocycles. The Balaban J connectivity index is 1.84. The van der Waals surface area contributed by atoms with Crippen LogP contribution in [0, 0.1) is 5.92 Å². The lowest BCUT2D eigenvalue weighted by atomic mass is 9.93. The van der Waals surface area contributed by atoms with E-state index in [0.717, 1.165) is 44.5 Å². The molecule has 0 bridgehead atoms. The van der Waals surface area contributed by atoms with E-state index in [1.165, 1.54) is 5.56 Å². The third-order valence-corrected chi connectivity index (χ3v) is 3.90. The van der Waals surface area contributed by atoms with Crippen LogP contribution in [0.1, 0.15) is 24.8 Å². The molecule has 4 nitrogen and oxygen atoms in total. The minimum atomic E-state index is 0.0349. The highest BCUT2D eigenvalue weighted by atomic mass is 16.2. The highest BCUT2D eigenvalue weighted by Gasteiger charge is 2.26. The molecule has 0 fully saturated rings. The molecule has 0 aliphatic carbocycles. The van der Waals surface area contributed by atoms with Crippen molar-refractivity contribution in [1.29, 1.82) is 0 Å². The van der Waals surface area contributed by atoms with Gasteiger partial charge in [0.15, 0.2) is 0 Å². The van der Waals surface area contributed by atoms with Gasteiger partial charge >= 0.3 is 0 Å². The highest BCUT2D eigenvalue weighted by molar-refractivity contribution is 5.80. The molecule has 4 heteroatoms. The van der Waals surface area contributed by atoms with E-state index in [0.29, 0.717) is 0 Å². The highest BCUT2D eigenvalue weighted by Crippen LogP contribution is 2.25. The second kappa shape index (κ2) is 7.29. The molecule has 0 spiro atoms. The van der Waals surface area contributed by atoms with Crippen LogP contribution in [0.3, 0.4) is 0 Å². The normalized spacial score (nSPS) is 17.2. The summed E-state index contributed by atoms with van der Waals surface area (Å²) in [5.41, 5.74) is 2.38. The summed E-state index contributed by atoms with van der Waals surface area (Å²) in [5, 5.41) is 12.1. The van der Waals surface area contributed by atoms with Gasteiger partial charge < -0.3 is 15.3 Å². The zero-order valence-electron chi connectivity index (χ0n) is 12.1.